The smallest absolute Gasteiger partial charge is 0.408 e. The molecule has 1 N–H and O–H groups in total. The summed E-state index contributed by atoms with van der Waals surface area (Å²) in [4.78, 5) is 24.5. The van der Waals surface area contributed by atoms with Crippen molar-refractivity contribution in [3.05, 3.63) is 0 Å². The minimum absolute atomic E-state index is 0.0187. The molecular formula is C30H76N2O3. The minimum Gasteiger partial charge on any atom is -0.444 e. The minimum atomic E-state index is -0.560. The average Bonchev–Trinajstić information content (AvgIpc) is 2.88. The zero-order valence-corrected chi connectivity index (χ0v) is 29.1. The van der Waals surface area contributed by atoms with Gasteiger partial charge in [-0.25, -0.2) is 4.79 Å². The monoisotopic (exact) mass is 513 g/mol. The molecule has 0 aliphatic rings. The van der Waals surface area contributed by atoms with Crippen LogP contribution in [0.1, 0.15) is 158 Å². The maximum atomic E-state index is 11.6. The Bertz CT molecular complexity index is 298. The Morgan fingerprint density at radius 2 is 1.03 bits per heavy atom. The van der Waals surface area contributed by atoms with Crippen molar-refractivity contribution in [3.63, 3.8) is 0 Å². The summed E-state index contributed by atoms with van der Waals surface area (Å²) in [5.74, 6) is 0.726. The van der Waals surface area contributed by atoms with E-state index in [4.69, 9.17) is 4.74 Å². The van der Waals surface area contributed by atoms with Crippen molar-refractivity contribution in [2.75, 3.05) is 20.1 Å². The second-order valence-electron chi connectivity index (χ2n) is 6.76. The Morgan fingerprint density at radius 3 is 1.26 bits per heavy atom. The molecule has 0 rings (SSSR count). The molecule has 35 heavy (non-hydrogen) atoms. The molecule has 5 heteroatoms. The van der Waals surface area contributed by atoms with Crippen molar-refractivity contribution in [1.29, 1.82) is 0 Å². The molecular weight excluding hydrogens is 436 g/mol. The number of alkyl carbamates (subject to hydrolysis) is 1. The molecule has 0 heterocycles. The van der Waals surface area contributed by atoms with Crippen molar-refractivity contribution in [2.45, 2.75) is 164 Å². The summed E-state index contributed by atoms with van der Waals surface area (Å²) in [5.41, 5.74) is -0.540. The standard InChI is InChI=1S/C12H24N2O3.C4H10.7C2H6/c1-6-7-8-14(5)10(15)9-13-11(16)17-12(2,3)4;1-4(2)3;7*1-2/h6-9H2,1-5H3,(H,13,16);4H,1-3H3;7*1-2H3. The Balaban J connectivity index is -0.0000000445. The average molecular weight is 513 g/mol. The number of hydrogen-bond donors (Lipinski definition) is 1. The van der Waals surface area contributed by atoms with Gasteiger partial charge in [0.2, 0.25) is 5.91 Å². The second-order valence-corrected chi connectivity index (χ2v) is 6.76. The van der Waals surface area contributed by atoms with Crippen LogP contribution in [0.2, 0.25) is 0 Å². The van der Waals surface area contributed by atoms with Crippen LogP contribution in [-0.4, -0.2) is 42.6 Å². The topological polar surface area (TPSA) is 58.6 Å². The largest absolute Gasteiger partial charge is 0.444 e. The maximum Gasteiger partial charge on any atom is 0.408 e. The fraction of sp³-hybridized carbons (Fsp3) is 0.933. The highest BCUT2D eigenvalue weighted by atomic mass is 16.6. The summed E-state index contributed by atoms with van der Waals surface area (Å²) in [7, 11) is 1.73. The van der Waals surface area contributed by atoms with Crippen molar-refractivity contribution >= 4 is 12.0 Å². The zero-order valence-electron chi connectivity index (χ0n) is 29.1. The highest BCUT2D eigenvalue weighted by Crippen LogP contribution is 2.06. The van der Waals surface area contributed by atoms with Crippen LogP contribution in [0.5, 0.6) is 0 Å². The summed E-state index contributed by atoms with van der Waals surface area (Å²) in [6.45, 7) is 42.6. The van der Waals surface area contributed by atoms with Crippen molar-refractivity contribution in [1.82, 2.24) is 10.2 Å². The van der Waals surface area contributed by atoms with Crippen LogP contribution >= 0.6 is 0 Å². The Morgan fingerprint density at radius 1 is 0.743 bits per heavy atom. The van der Waals surface area contributed by atoms with Gasteiger partial charge in [-0.15, -0.1) is 0 Å². The predicted molar refractivity (Wildman–Crippen MR) is 167 cm³/mol. The summed E-state index contributed by atoms with van der Waals surface area (Å²) >= 11 is 0. The highest BCUT2D eigenvalue weighted by Gasteiger charge is 2.17. The molecule has 0 aliphatic heterocycles. The summed E-state index contributed by atoms with van der Waals surface area (Å²) in [5, 5.41) is 2.44. The number of carbonyl (C=O) groups is 2. The van der Waals surface area contributed by atoms with Crippen LogP contribution in [0.4, 0.5) is 4.79 Å². The van der Waals surface area contributed by atoms with E-state index in [1.54, 1.807) is 32.7 Å². The number of ether oxygens (including phenoxy) is 1. The van der Waals surface area contributed by atoms with Gasteiger partial charge in [0.15, 0.2) is 0 Å². The fourth-order valence-corrected chi connectivity index (χ4v) is 1.12. The molecule has 0 aliphatic carbocycles. The van der Waals surface area contributed by atoms with Crippen LogP contribution in [0, 0.1) is 5.92 Å². The van der Waals surface area contributed by atoms with Gasteiger partial charge >= 0.3 is 6.09 Å². The summed E-state index contributed by atoms with van der Waals surface area (Å²) < 4.78 is 5.03. The fourth-order valence-electron chi connectivity index (χ4n) is 1.12. The lowest BCUT2D eigenvalue weighted by molar-refractivity contribution is -0.129. The number of nitrogens with one attached hydrogen (secondary N) is 1. The highest BCUT2D eigenvalue weighted by molar-refractivity contribution is 5.82. The normalized spacial score (nSPS) is 7.51. The van der Waals surface area contributed by atoms with Gasteiger partial charge < -0.3 is 15.0 Å². The Hall–Kier alpha value is -1.26. The van der Waals surface area contributed by atoms with Crippen LogP contribution in [-0.2, 0) is 9.53 Å². The molecule has 0 saturated carbocycles. The number of likely N-dealkylation sites (N-methyl/N-ethyl adjacent to an activating group) is 1. The first-order valence-corrected chi connectivity index (χ1v) is 14.7. The summed E-state index contributed by atoms with van der Waals surface area (Å²) in [6.07, 6.45) is 1.45. The molecule has 0 unspecified atom stereocenters. The third-order valence-corrected chi connectivity index (χ3v) is 2.06. The van der Waals surface area contributed by atoms with E-state index in [-0.39, 0.29) is 12.5 Å². The van der Waals surface area contributed by atoms with Gasteiger partial charge in [-0.2, -0.15) is 0 Å². The van der Waals surface area contributed by atoms with Crippen LogP contribution in [0.25, 0.3) is 0 Å². The molecule has 0 aromatic carbocycles. The molecule has 0 atom stereocenters. The molecule has 2 amide bonds. The molecule has 0 aromatic rings. The van der Waals surface area contributed by atoms with Gasteiger partial charge in [-0.3, -0.25) is 4.79 Å². The molecule has 0 radical (unpaired) electrons. The number of rotatable bonds is 5. The zero-order chi connectivity index (χ0) is 31.1. The van der Waals surface area contributed by atoms with Crippen molar-refractivity contribution in [2.24, 2.45) is 5.92 Å². The molecule has 0 aromatic heterocycles. The van der Waals surface area contributed by atoms with Gasteiger partial charge in [-0.05, 0) is 33.1 Å². The van der Waals surface area contributed by atoms with E-state index in [1.807, 2.05) is 96.9 Å². The number of amides is 2. The lowest BCUT2D eigenvalue weighted by atomic mass is 10.2. The number of hydrogen-bond acceptors (Lipinski definition) is 3. The molecule has 0 fully saturated rings. The van der Waals surface area contributed by atoms with Crippen molar-refractivity contribution in [3.8, 4) is 0 Å². The van der Waals surface area contributed by atoms with E-state index in [9.17, 15) is 9.59 Å². The van der Waals surface area contributed by atoms with Gasteiger partial charge in [0.1, 0.15) is 12.1 Å². The quantitative estimate of drug-likeness (QED) is 0.398. The first-order valence-electron chi connectivity index (χ1n) is 14.7. The molecule has 0 spiro atoms. The van der Waals surface area contributed by atoms with Gasteiger partial charge in [-0.1, -0.05) is 131 Å². The second kappa shape index (κ2) is 63.8. The molecule has 5 nitrogen and oxygen atoms in total. The molecule has 0 saturated heterocycles. The molecule has 0 bridgehead atoms. The Kier molecular flexibility index (Phi) is 108. The molecule has 224 valence electrons. The third kappa shape index (κ3) is 110. The summed E-state index contributed by atoms with van der Waals surface area (Å²) in [6, 6.07) is 0. The van der Waals surface area contributed by atoms with Crippen molar-refractivity contribution < 1.29 is 14.3 Å². The van der Waals surface area contributed by atoms with Crippen LogP contribution in [0.3, 0.4) is 0 Å². The number of nitrogens with zero attached hydrogens (tertiary/aromatic N) is 1. The van der Waals surface area contributed by atoms with E-state index >= 15 is 0 Å². The first kappa shape index (κ1) is 59.1. The maximum absolute atomic E-state index is 11.6. The SMILES string of the molecule is CC.CC.CC.CC.CC.CC.CC.CC(C)C.CCCCN(C)C(=O)CNC(=O)OC(C)(C)C. The lowest BCUT2D eigenvalue weighted by Gasteiger charge is -2.21. The third-order valence-electron chi connectivity index (χ3n) is 2.06. The van der Waals surface area contributed by atoms with E-state index < -0.39 is 11.7 Å². The van der Waals surface area contributed by atoms with Gasteiger partial charge in [0, 0.05) is 13.6 Å². The van der Waals surface area contributed by atoms with Crippen LogP contribution in [0.15, 0.2) is 0 Å². The van der Waals surface area contributed by atoms with Gasteiger partial charge in [0.05, 0.1) is 0 Å². The predicted octanol–water partition coefficient (Wildman–Crippen LogP) is 10.6. The first-order chi connectivity index (χ1) is 16.5. The van der Waals surface area contributed by atoms with E-state index in [1.165, 1.54) is 0 Å². The van der Waals surface area contributed by atoms with E-state index in [0.717, 1.165) is 18.8 Å². The van der Waals surface area contributed by atoms with Gasteiger partial charge in [0.25, 0.3) is 0 Å². The number of unbranched alkanes of at least 4 members (excludes halogenated alkanes) is 1. The lowest BCUT2D eigenvalue weighted by Crippen LogP contribution is -2.40. The Labute approximate surface area is 226 Å². The number of carbonyl (C=O) groups excluding carboxylic acids is 2. The van der Waals surface area contributed by atoms with E-state index in [2.05, 4.69) is 33.0 Å². The van der Waals surface area contributed by atoms with Crippen LogP contribution < -0.4 is 5.32 Å². The van der Waals surface area contributed by atoms with E-state index in [0.29, 0.717) is 6.54 Å².